The van der Waals surface area contributed by atoms with Crippen LogP contribution in [0.25, 0.3) is 11.1 Å². The number of carbonyl (C=O) groups excluding carboxylic acids is 2. The van der Waals surface area contributed by atoms with Crippen LogP contribution in [0.4, 0.5) is 10.5 Å². The lowest BCUT2D eigenvalue weighted by molar-refractivity contribution is -0.120. The molecule has 2 aliphatic rings. The maximum absolute atomic E-state index is 13.3. The van der Waals surface area contributed by atoms with E-state index in [-0.39, 0.29) is 24.0 Å². The predicted molar refractivity (Wildman–Crippen MR) is 132 cm³/mol. The van der Waals surface area contributed by atoms with Crippen LogP contribution in [0, 0.1) is 0 Å². The normalized spacial score (nSPS) is 14.6. The van der Waals surface area contributed by atoms with Gasteiger partial charge in [-0.15, -0.1) is 0 Å². The number of carboxylic acid groups (broad SMARTS) is 1. The van der Waals surface area contributed by atoms with E-state index in [2.05, 4.69) is 29.6 Å². The number of hydrogen-bond donors (Lipinski definition) is 2. The van der Waals surface area contributed by atoms with E-state index in [0.717, 1.165) is 27.8 Å². The quantitative estimate of drug-likeness (QED) is 0.549. The first kappa shape index (κ1) is 22.7. The third-order valence-electron chi connectivity index (χ3n) is 6.84. The molecule has 1 aliphatic carbocycles. The lowest BCUT2D eigenvalue weighted by Gasteiger charge is -2.24. The van der Waals surface area contributed by atoms with Crippen molar-refractivity contribution in [3.05, 3.63) is 89.0 Å². The van der Waals surface area contributed by atoms with Crippen LogP contribution in [0.3, 0.4) is 0 Å². The maximum atomic E-state index is 13.3. The Hall–Kier alpha value is -4.13. The number of nitrogens with zero attached hydrogens (tertiary/aromatic N) is 1. The Morgan fingerprint density at radius 3 is 2.31 bits per heavy atom. The molecule has 7 heteroatoms. The van der Waals surface area contributed by atoms with Gasteiger partial charge in [-0.25, -0.2) is 9.59 Å². The van der Waals surface area contributed by atoms with E-state index in [1.165, 1.54) is 6.07 Å². The van der Waals surface area contributed by atoms with Gasteiger partial charge in [0, 0.05) is 18.2 Å². The van der Waals surface area contributed by atoms with E-state index in [1.54, 1.807) is 17.0 Å². The Morgan fingerprint density at radius 1 is 1.03 bits per heavy atom. The molecule has 1 aliphatic heterocycles. The molecule has 0 saturated heterocycles. The average Bonchev–Trinajstić information content (AvgIpc) is 3.44. The van der Waals surface area contributed by atoms with Crippen molar-refractivity contribution in [2.45, 2.75) is 31.7 Å². The van der Waals surface area contributed by atoms with Gasteiger partial charge in [0.15, 0.2) is 0 Å². The van der Waals surface area contributed by atoms with Crippen LogP contribution in [-0.4, -0.2) is 42.3 Å². The molecule has 1 unspecified atom stereocenters. The smallest absolute Gasteiger partial charge is 0.407 e. The molecule has 7 nitrogen and oxygen atoms in total. The number of benzene rings is 3. The summed E-state index contributed by atoms with van der Waals surface area (Å²) >= 11 is 0. The largest absolute Gasteiger partial charge is 0.478 e. The molecule has 3 aromatic rings. The SMILES string of the molecule is CCC(NC(=O)OCC1c2ccccc2-c2ccccc21)C(=O)N1CCc2ccc(C(=O)O)cc21. The van der Waals surface area contributed by atoms with Gasteiger partial charge in [-0.2, -0.15) is 0 Å². The Bertz CT molecular complexity index is 1270. The molecule has 2 N–H and O–H groups in total. The van der Waals surface area contributed by atoms with E-state index in [4.69, 9.17) is 4.74 Å². The van der Waals surface area contributed by atoms with Gasteiger partial charge in [-0.3, -0.25) is 4.79 Å². The highest BCUT2D eigenvalue weighted by molar-refractivity contribution is 6.01. The molecule has 2 amide bonds. The van der Waals surface area contributed by atoms with Crippen LogP contribution in [0.15, 0.2) is 66.7 Å². The third kappa shape index (κ3) is 4.14. The molecule has 0 bridgehead atoms. The van der Waals surface area contributed by atoms with Crippen LogP contribution in [0.5, 0.6) is 0 Å². The third-order valence-corrected chi connectivity index (χ3v) is 6.84. The van der Waals surface area contributed by atoms with E-state index < -0.39 is 18.1 Å². The first-order valence-corrected chi connectivity index (χ1v) is 11.8. The molecule has 0 radical (unpaired) electrons. The fourth-order valence-corrected chi connectivity index (χ4v) is 5.05. The van der Waals surface area contributed by atoms with Gasteiger partial charge in [0.2, 0.25) is 5.91 Å². The molecule has 178 valence electrons. The number of ether oxygens (including phenoxy) is 1. The van der Waals surface area contributed by atoms with Gasteiger partial charge in [-0.05, 0) is 52.8 Å². The molecule has 1 heterocycles. The summed E-state index contributed by atoms with van der Waals surface area (Å²) in [5.74, 6) is -1.39. The number of amides is 2. The van der Waals surface area contributed by atoms with Crippen molar-refractivity contribution < 1.29 is 24.2 Å². The maximum Gasteiger partial charge on any atom is 0.407 e. The van der Waals surface area contributed by atoms with Crippen molar-refractivity contribution in [2.75, 3.05) is 18.1 Å². The Labute approximate surface area is 203 Å². The highest BCUT2D eigenvalue weighted by atomic mass is 16.5. The van der Waals surface area contributed by atoms with Crippen molar-refractivity contribution in [2.24, 2.45) is 0 Å². The Balaban J connectivity index is 1.26. The van der Waals surface area contributed by atoms with Gasteiger partial charge in [0.05, 0.1) is 5.56 Å². The fourth-order valence-electron chi connectivity index (χ4n) is 5.05. The van der Waals surface area contributed by atoms with Crippen LogP contribution in [0.2, 0.25) is 0 Å². The molecule has 5 rings (SSSR count). The van der Waals surface area contributed by atoms with Crippen molar-refractivity contribution in [1.29, 1.82) is 0 Å². The lowest BCUT2D eigenvalue weighted by Crippen LogP contribution is -2.48. The molecule has 0 aromatic heterocycles. The van der Waals surface area contributed by atoms with E-state index >= 15 is 0 Å². The fraction of sp³-hybridized carbons (Fsp3) is 0.250. The second-order valence-corrected chi connectivity index (χ2v) is 8.82. The summed E-state index contributed by atoms with van der Waals surface area (Å²) in [6.07, 6.45) is 0.376. The molecular weight excluding hydrogens is 444 g/mol. The van der Waals surface area contributed by atoms with Gasteiger partial charge < -0.3 is 20.1 Å². The molecule has 3 aromatic carbocycles. The first-order valence-electron chi connectivity index (χ1n) is 11.8. The van der Waals surface area contributed by atoms with Crippen molar-refractivity contribution in [1.82, 2.24) is 5.32 Å². The van der Waals surface area contributed by atoms with Gasteiger partial charge in [0.25, 0.3) is 0 Å². The molecule has 0 fully saturated rings. The van der Waals surface area contributed by atoms with Crippen LogP contribution in [-0.2, 0) is 16.0 Å². The number of anilines is 1. The highest BCUT2D eigenvalue weighted by Crippen LogP contribution is 2.44. The number of carbonyl (C=O) groups is 3. The zero-order chi connectivity index (χ0) is 24.5. The monoisotopic (exact) mass is 470 g/mol. The summed E-state index contributed by atoms with van der Waals surface area (Å²) in [5.41, 5.74) is 6.15. The zero-order valence-electron chi connectivity index (χ0n) is 19.4. The minimum atomic E-state index is -1.05. The first-order chi connectivity index (χ1) is 17.0. The topological polar surface area (TPSA) is 95.9 Å². The van der Waals surface area contributed by atoms with E-state index in [0.29, 0.717) is 25.1 Å². The number of rotatable bonds is 6. The summed E-state index contributed by atoms with van der Waals surface area (Å²) < 4.78 is 5.61. The Kier molecular flexibility index (Phi) is 5.99. The van der Waals surface area contributed by atoms with Gasteiger partial charge in [0.1, 0.15) is 12.6 Å². The number of nitrogens with one attached hydrogen (secondary N) is 1. The average molecular weight is 471 g/mol. The minimum absolute atomic E-state index is 0.0659. The Morgan fingerprint density at radius 2 is 1.69 bits per heavy atom. The van der Waals surface area contributed by atoms with Crippen LogP contribution in [0.1, 0.15) is 46.3 Å². The molecule has 1 atom stereocenters. The lowest BCUT2D eigenvalue weighted by atomic mass is 9.98. The number of fused-ring (bicyclic) bond motifs is 4. The van der Waals surface area contributed by atoms with Gasteiger partial charge in [-0.1, -0.05) is 61.5 Å². The highest BCUT2D eigenvalue weighted by Gasteiger charge is 2.32. The number of aromatic carboxylic acids is 1. The predicted octanol–water partition coefficient (Wildman–Crippen LogP) is 4.59. The summed E-state index contributed by atoms with van der Waals surface area (Å²) in [5, 5.41) is 12.0. The molecule has 0 spiro atoms. The van der Waals surface area contributed by atoms with Gasteiger partial charge >= 0.3 is 12.1 Å². The number of hydrogen-bond acceptors (Lipinski definition) is 4. The molecular formula is C28H26N2O5. The second-order valence-electron chi connectivity index (χ2n) is 8.82. The van der Waals surface area contributed by atoms with Crippen molar-refractivity contribution in [3.8, 4) is 11.1 Å². The number of carboxylic acids is 1. The zero-order valence-corrected chi connectivity index (χ0v) is 19.4. The second kappa shape index (κ2) is 9.25. The number of alkyl carbamates (subject to hydrolysis) is 1. The standard InChI is InChI=1S/C28H26N2O5/c1-2-24(26(31)30-14-13-17-11-12-18(27(32)33)15-25(17)30)29-28(34)35-16-23-21-9-5-3-7-19(21)20-8-4-6-10-22(20)23/h3-12,15,23-24H,2,13-14,16H2,1H3,(H,29,34)(H,32,33). The minimum Gasteiger partial charge on any atom is -0.478 e. The van der Waals surface area contributed by atoms with Crippen LogP contribution < -0.4 is 10.2 Å². The van der Waals surface area contributed by atoms with Crippen LogP contribution >= 0.6 is 0 Å². The summed E-state index contributed by atoms with van der Waals surface area (Å²) in [4.78, 5) is 38.9. The van der Waals surface area contributed by atoms with Crippen molar-refractivity contribution in [3.63, 3.8) is 0 Å². The summed E-state index contributed by atoms with van der Waals surface area (Å²) in [6.45, 7) is 2.43. The summed E-state index contributed by atoms with van der Waals surface area (Å²) in [6, 6.07) is 20.2. The molecule has 0 saturated carbocycles. The van der Waals surface area contributed by atoms with Crippen molar-refractivity contribution >= 4 is 23.7 Å². The van der Waals surface area contributed by atoms with E-state index in [9.17, 15) is 19.5 Å². The van der Waals surface area contributed by atoms with E-state index in [1.807, 2.05) is 31.2 Å². The summed E-state index contributed by atoms with van der Waals surface area (Å²) in [7, 11) is 0. The molecule has 35 heavy (non-hydrogen) atoms.